The van der Waals surface area contributed by atoms with E-state index in [1.807, 2.05) is 16.9 Å². The summed E-state index contributed by atoms with van der Waals surface area (Å²) in [6, 6.07) is 23.9. The van der Waals surface area contributed by atoms with E-state index < -0.39 is 5.97 Å². The molecule has 0 spiro atoms. The molecule has 1 heterocycles. The molecular weight excluding hydrogens is 460 g/mol. The van der Waals surface area contributed by atoms with E-state index in [9.17, 15) is 9.90 Å². The Bertz CT molecular complexity index is 1440. The van der Waals surface area contributed by atoms with Crippen LogP contribution in [-0.4, -0.2) is 26.9 Å². The standard InChI is InChI=1S/C28H22N2O2S2/c1-34-26-24(17-30(28(33)29-26)16-18-7-6-10-21(15-18)27(31)32)25-22-11-4-2-8-19(22)13-14-20-9-3-5-12-23(20)25/h2-15,17,25H,16H2,1H3,(H,31,32). The normalized spacial score (nSPS) is 12.6. The fourth-order valence-corrected chi connectivity index (χ4v) is 5.35. The van der Waals surface area contributed by atoms with Crippen molar-refractivity contribution < 1.29 is 9.90 Å². The molecule has 0 fully saturated rings. The number of nitrogens with zero attached hydrogens (tertiary/aromatic N) is 2. The number of carboxylic acid groups (broad SMARTS) is 1. The van der Waals surface area contributed by atoms with Gasteiger partial charge in [0.05, 0.1) is 5.56 Å². The summed E-state index contributed by atoms with van der Waals surface area (Å²) in [4.78, 5) is 16.2. The fraction of sp³-hybridized carbons (Fsp3) is 0.107. The lowest BCUT2D eigenvalue weighted by Crippen LogP contribution is -2.13. The van der Waals surface area contributed by atoms with Gasteiger partial charge in [-0.25, -0.2) is 9.78 Å². The van der Waals surface area contributed by atoms with E-state index in [1.54, 1.807) is 30.0 Å². The van der Waals surface area contributed by atoms with Gasteiger partial charge in [-0.2, -0.15) is 0 Å². The molecule has 1 aromatic heterocycles. The van der Waals surface area contributed by atoms with Gasteiger partial charge in [-0.3, -0.25) is 0 Å². The van der Waals surface area contributed by atoms with Gasteiger partial charge in [0.1, 0.15) is 5.03 Å². The first-order valence-corrected chi connectivity index (χ1v) is 12.5. The molecule has 3 aromatic carbocycles. The monoisotopic (exact) mass is 482 g/mol. The van der Waals surface area contributed by atoms with Crippen LogP contribution in [0.15, 0.2) is 84.0 Å². The van der Waals surface area contributed by atoms with Crippen LogP contribution < -0.4 is 0 Å². The maximum absolute atomic E-state index is 11.4. The van der Waals surface area contributed by atoms with Crippen molar-refractivity contribution in [3.05, 3.63) is 123 Å². The van der Waals surface area contributed by atoms with Crippen molar-refractivity contribution in [3.63, 3.8) is 0 Å². The van der Waals surface area contributed by atoms with Crippen LogP contribution in [0, 0.1) is 4.77 Å². The Labute approximate surface area is 207 Å². The lowest BCUT2D eigenvalue weighted by molar-refractivity contribution is 0.0696. The molecule has 1 aliphatic rings. The van der Waals surface area contributed by atoms with Crippen LogP contribution in [0.5, 0.6) is 0 Å². The zero-order valence-electron chi connectivity index (χ0n) is 18.5. The van der Waals surface area contributed by atoms with Crippen LogP contribution in [0.3, 0.4) is 0 Å². The van der Waals surface area contributed by atoms with Gasteiger partial charge in [-0.05, 0) is 58.4 Å². The molecule has 0 radical (unpaired) electrons. The van der Waals surface area contributed by atoms with Crippen molar-refractivity contribution in [2.24, 2.45) is 0 Å². The van der Waals surface area contributed by atoms with E-state index in [2.05, 4.69) is 66.9 Å². The molecule has 168 valence electrons. The molecule has 0 atom stereocenters. The average molecular weight is 483 g/mol. The minimum Gasteiger partial charge on any atom is -0.478 e. The third-order valence-corrected chi connectivity index (χ3v) is 7.11. The van der Waals surface area contributed by atoms with Gasteiger partial charge in [0.2, 0.25) is 4.77 Å². The molecule has 34 heavy (non-hydrogen) atoms. The highest BCUT2D eigenvalue weighted by molar-refractivity contribution is 7.98. The van der Waals surface area contributed by atoms with Crippen molar-refractivity contribution in [1.82, 2.24) is 9.55 Å². The molecule has 6 heteroatoms. The van der Waals surface area contributed by atoms with Crippen LogP contribution in [0.1, 0.15) is 49.7 Å². The molecule has 0 aliphatic heterocycles. The smallest absolute Gasteiger partial charge is 0.335 e. The van der Waals surface area contributed by atoms with Crippen LogP contribution in [0.4, 0.5) is 0 Å². The van der Waals surface area contributed by atoms with Crippen molar-refractivity contribution in [3.8, 4) is 0 Å². The van der Waals surface area contributed by atoms with E-state index in [-0.39, 0.29) is 11.5 Å². The predicted molar refractivity (Wildman–Crippen MR) is 140 cm³/mol. The first kappa shape index (κ1) is 22.3. The highest BCUT2D eigenvalue weighted by atomic mass is 32.2. The van der Waals surface area contributed by atoms with Crippen molar-refractivity contribution in [2.45, 2.75) is 17.5 Å². The lowest BCUT2D eigenvalue weighted by atomic mass is 9.83. The van der Waals surface area contributed by atoms with Gasteiger partial charge in [0, 0.05) is 24.2 Å². The Hall–Kier alpha value is -3.48. The summed E-state index contributed by atoms with van der Waals surface area (Å²) < 4.78 is 2.41. The number of aromatic nitrogens is 2. The largest absolute Gasteiger partial charge is 0.478 e. The number of carbonyl (C=O) groups is 1. The SMILES string of the molecule is CSc1nc(=S)n(Cc2cccc(C(=O)O)c2)cc1C1c2ccccc2C=Cc2ccccc21. The highest BCUT2D eigenvalue weighted by Crippen LogP contribution is 2.41. The third-order valence-electron chi connectivity index (χ3n) is 6.07. The van der Waals surface area contributed by atoms with E-state index in [0.29, 0.717) is 11.3 Å². The van der Waals surface area contributed by atoms with Gasteiger partial charge in [0.15, 0.2) is 0 Å². The fourth-order valence-electron chi connectivity index (χ4n) is 4.50. The molecule has 0 saturated carbocycles. The molecule has 1 aliphatic carbocycles. The first-order valence-electron chi connectivity index (χ1n) is 10.9. The molecule has 0 amide bonds. The second-order valence-corrected chi connectivity index (χ2v) is 9.31. The number of hydrogen-bond acceptors (Lipinski definition) is 4. The number of rotatable bonds is 5. The minimum atomic E-state index is -0.943. The van der Waals surface area contributed by atoms with E-state index in [1.165, 1.54) is 22.3 Å². The third kappa shape index (κ3) is 4.22. The zero-order valence-corrected chi connectivity index (χ0v) is 20.1. The second-order valence-electron chi connectivity index (χ2n) is 8.15. The maximum Gasteiger partial charge on any atom is 0.335 e. The van der Waals surface area contributed by atoms with Gasteiger partial charge in [-0.15, -0.1) is 11.8 Å². The average Bonchev–Trinajstić information content (AvgIpc) is 3.02. The summed E-state index contributed by atoms with van der Waals surface area (Å²) in [5.41, 5.74) is 7.01. The molecular formula is C28H22N2O2S2. The number of hydrogen-bond donors (Lipinski definition) is 1. The number of aromatic carboxylic acids is 1. The molecule has 0 bridgehead atoms. The Kier molecular flexibility index (Phi) is 6.18. The topological polar surface area (TPSA) is 55.1 Å². The number of fused-ring (bicyclic) bond motifs is 2. The quantitative estimate of drug-likeness (QED) is 0.171. The van der Waals surface area contributed by atoms with Gasteiger partial charge >= 0.3 is 5.97 Å². The molecule has 4 aromatic rings. The summed E-state index contributed by atoms with van der Waals surface area (Å²) in [5, 5.41) is 10.3. The summed E-state index contributed by atoms with van der Waals surface area (Å²) in [7, 11) is 0. The lowest BCUT2D eigenvalue weighted by Gasteiger charge is -2.24. The van der Waals surface area contributed by atoms with Gasteiger partial charge in [-0.1, -0.05) is 72.8 Å². The van der Waals surface area contributed by atoms with Gasteiger partial charge < -0.3 is 9.67 Å². The maximum atomic E-state index is 11.4. The Morgan fingerprint density at radius 1 is 0.971 bits per heavy atom. The summed E-state index contributed by atoms with van der Waals surface area (Å²) in [6.07, 6.45) is 8.46. The number of thioether (sulfide) groups is 1. The molecule has 0 saturated heterocycles. The van der Waals surface area contributed by atoms with Crippen LogP contribution in [-0.2, 0) is 6.54 Å². The van der Waals surface area contributed by atoms with Crippen molar-refractivity contribution in [1.29, 1.82) is 0 Å². The minimum absolute atomic E-state index is 0.00967. The highest BCUT2D eigenvalue weighted by Gasteiger charge is 2.26. The predicted octanol–water partition coefficient (Wildman–Crippen LogP) is 6.74. The Morgan fingerprint density at radius 3 is 2.24 bits per heavy atom. The summed E-state index contributed by atoms with van der Waals surface area (Å²) in [5.74, 6) is -0.953. The van der Waals surface area contributed by atoms with Crippen molar-refractivity contribution >= 4 is 42.1 Å². The summed E-state index contributed by atoms with van der Waals surface area (Å²) in [6.45, 7) is 0.447. The molecule has 5 rings (SSSR count). The molecule has 1 N–H and O–H groups in total. The zero-order chi connectivity index (χ0) is 23.7. The molecule has 4 nitrogen and oxygen atoms in total. The van der Waals surface area contributed by atoms with Gasteiger partial charge in [0.25, 0.3) is 0 Å². The van der Waals surface area contributed by atoms with Crippen LogP contribution >= 0.6 is 24.0 Å². The van der Waals surface area contributed by atoms with Crippen LogP contribution in [0.2, 0.25) is 0 Å². The number of carboxylic acids is 1. The second kappa shape index (κ2) is 9.41. The van der Waals surface area contributed by atoms with E-state index in [0.717, 1.165) is 16.2 Å². The van der Waals surface area contributed by atoms with E-state index >= 15 is 0 Å². The van der Waals surface area contributed by atoms with E-state index in [4.69, 9.17) is 17.2 Å². The first-order chi connectivity index (χ1) is 16.5. The Balaban J connectivity index is 1.69. The van der Waals surface area contributed by atoms with Crippen LogP contribution in [0.25, 0.3) is 12.2 Å². The summed E-state index contributed by atoms with van der Waals surface area (Å²) >= 11 is 7.23. The molecule has 0 unspecified atom stereocenters. The number of benzene rings is 3. The Morgan fingerprint density at radius 2 is 1.62 bits per heavy atom. The van der Waals surface area contributed by atoms with Crippen molar-refractivity contribution in [2.75, 3.05) is 6.26 Å².